The predicted octanol–water partition coefficient (Wildman–Crippen LogP) is 2.62. The monoisotopic (exact) mass is 226 g/mol. The molecular formula is C12H18O2S. The Bertz CT molecular complexity index is 300. The Morgan fingerprint density at radius 2 is 2.20 bits per heavy atom. The molecule has 0 aliphatic rings. The van der Waals surface area contributed by atoms with E-state index < -0.39 is 0 Å². The fourth-order valence-electron chi connectivity index (χ4n) is 1.36. The normalized spacial score (nSPS) is 10.3. The number of ether oxygens (including phenoxy) is 1. The maximum Gasteiger partial charge on any atom is 0.124 e. The van der Waals surface area contributed by atoms with Gasteiger partial charge in [0.15, 0.2) is 0 Å². The van der Waals surface area contributed by atoms with E-state index in [9.17, 15) is 0 Å². The zero-order valence-corrected chi connectivity index (χ0v) is 10.1. The summed E-state index contributed by atoms with van der Waals surface area (Å²) in [6, 6.07) is 5.90. The molecule has 1 N–H and O–H groups in total. The highest BCUT2D eigenvalue weighted by Crippen LogP contribution is 2.20. The zero-order valence-electron chi connectivity index (χ0n) is 9.32. The maximum absolute atomic E-state index is 9.16. The summed E-state index contributed by atoms with van der Waals surface area (Å²) >= 11 is 1.82. The molecule has 0 bridgehead atoms. The molecule has 1 aromatic carbocycles. The summed E-state index contributed by atoms with van der Waals surface area (Å²) in [6.07, 6.45) is 3.13. The van der Waals surface area contributed by atoms with Crippen molar-refractivity contribution in [3.05, 3.63) is 29.3 Å². The predicted molar refractivity (Wildman–Crippen MR) is 65.6 cm³/mol. The minimum atomic E-state index is 0.0412. The number of rotatable bonds is 6. The zero-order chi connectivity index (χ0) is 11.1. The van der Waals surface area contributed by atoms with Crippen molar-refractivity contribution in [1.82, 2.24) is 0 Å². The SMILES string of the molecule is CSCCCOc1ccc(C)cc1CO. The highest BCUT2D eigenvalue weighted by atomic mass is 32.2. The minimum Gasteiger partial charge on any atom is -0.493 e. The van der Waals surface area contributed by atoms with Crippen molar-refractivity contribution in [3.8, 4) is 5.75 Å². The van der Waals surface area contributed by atoms with Crippen LogP contribution in [0.5, 0.6) is 5.75 Å². The molecule has 84 valence electrons. The van der Waals surface area contributed by atoms with Gasteiger partial charge in [-0.3, -0.25) is 0 Å². The van der Waals surface area contributed by atoms with Crippen LogP contribution in [-0.2, 0) is 6.61 Å². The van der Waals surface area contributed by atoms with Gasteiger partial charge < -0.3 is 9.84 Å². The van der Waals surface area contributed by atoms with Crippen LogP contribution in [0.4, 0.5) is 0 Å². The molecule has 2 nitrogen and oxygen atoms in total. The Balaban J connectivity index is 2.52. The third kappa shape index (κ3) is 4.14. The van der Waals surface area contributed by atoms with Crippen LogP contribution in [0, 0.1) is 6.92 Å². The minimum absolute atomic E-state index is 0.0412. The van der Waals surface area contributed by atoms with Crippen LogP contribution in [0.2, 0.25) is 0 Å². The van der Waals surface area contributed by atoms with Crippen molar-refractivity contribution < 1.29 is 9.84 Å². The molecule has 0 saturated heterocycles. The van der Waals surface area contributed by atoms with E-state index in [1.165, 1.54) is 0 Å². The quantitative estimate of drug-likeness (QED) is 0.756. The van der Waals surface area contributed by atoms with Gasteiger partial charge in [0, 0.05) is 5.56 Å². The van der Waals surface area contributed by atoms with Crippen LogP contribution >= 0.6 is 11.8 Å². The molecule has 0 heterocycles. The van der Waals surface area contributed by atoms with Gasteiger partial charge in [-0.2, -0.15) is 11.8 Å². The van der Waals surface area contributed by atoms with E-state index >= 15 is 0 Å². The van der Waals surface area contributed by atoms with Gasteiger partial charge in [0.2, 0.25) is 0 Å². The number of aryl methyl sites for hydroxylation is 1. The van der Waals surface area contributed by atoms with Crippen LogP contribution in [0.1, 0.15) is 17.5 Å². The molecule has 0 aliphatic carbocycles. The number of hydrogen-bond donors (Lipinski definition) is 1. The summed E-state index contributed by atoms with van der Waals surface area (Å²) < 4.78 is 5.61. The van der Waals surface area contributed by atoms with E-state index in [0.29, 0.717) is 0 Å². The third-order valence-electron chi connectivity index (χ3n) is 2.14. The van der Waals surface area contributed by atoms with Crippen molar-refractivity contribution in [2.24, 2.45) is 0 Å². The first-order valence-corrected chi connectivity index (χ1v) is 6.49. The largest absolute Gasteiger partial charge is 0.493 e. The molecule has 1 rings (SSSR count). The first kappa shape index (κ1) is 12.4. The summed E-state index contributed by atoms with van der Waals surface area (Å²) in [5, 5.41) is 9.16. The third-order valence-corrected chi connectivity index (χ3v) is 2.83. The van der Waals surface area contributed by atoms with Gasteiger partial charge in [0.1, 0.15) is 5.75 Å². The fraction of sp³-hybridized carbons (Fsp3) is 0.500. The molecule has 0 atom stereocenters. The first-order chi connectivity index (χ1) is 7.27. The second-order valence-electron chi connectivity index (χ2n) is 3.46. The van der Waals surface area contributed by atoms with Crippen LogP contribution in [0.3, 0.4) is 0 Å². The van der Waals surface area contributed by atoms with Crippen LogP contribution in [0.15, 0.2) is 18.2 Å². The van der Waals surface area contributed by atoms with Crippen molar-refractivity contribution >= 4 is 11.8 Å². The van der Waals surface area contributed by atoms with E-state index in [1.807, 2.05) is 36.9 Å². The van der Waals surface area contributed by atoms with E-state index in [2.05, 4.69) is 6.26 Å². The molecule has 0 radical (unpaired) electrons. The van der Waals surface area contributed by atoms with Crippen molar-refractivity contribution in [3.63, 3.8) is 0 Å². The molecule has 0 unspecified atom stereocenters. The summed E-state index contributed by atoms with van der Waals surface area (Å²) in [4.78, 5) is 0. The average molecular weight is 226 g/mol. The van der Waals surface area contributed by atoms with Gasteiger partial charge in [-0.25, -0.2) is 0 Å². The van der Waals surface area contributed by atoms with Gasteiger partial charge in [0.05, 0.1) is 13.2 Å². The van der Waals surface area contributed by atoms with E-state index in [-0.39, 0.29) is 6.61 Å². The lowest BCUT2D eigenvalue weighted by atomic mass is 10.1. The smallest absolute Gasteiger partial charge is 0.124 e. The Morgan fingerprint density at radius 1 is 1.40 bits per heavy atom. The summed E-state index contributed by atoms with van der Waals surface area (Å²) in [5.41, 5.74) is 2.02. The highest BCUT2D eigenvalue weighted by Gasteiger charge is 2.02. The molecule has 0 spiro atoms. The van der Waals surface area contributed by atoms with Crippen molar-refractivity contribution in [2.45, 2.75) is 20.0 Å². The molecule has 0 aliphatic heterocycles. The van der Waals surface area contributed by atoms with Crippen molar-refractivity contribution in [2.75, 3.05) is 18.6 Å². The number of hydrogen-bond acceptors (Lipinski definition) is 3. The van der Waals surface area contributed by atoms with Gasteiger partial charge in [-0.15, -0.1) is 0 Å². The Labute approximate surface area is 95.7 Å². The number of benzene rings is 1. The van der Waals surface area contributed by atoms with Gasteiger partial charge in [0.25, 0.3) is 0 Å². The first-order valence-electron chi connectivity index (χ1n) is 5.10. The number of thioether (sulfide) groups is 1. The van der Waals surface area contributed by atoms with Gasteiger partial charge in [-0.05, 0) is 31.4 Å². The molecule has 0 aromatic heterocycles. The molecule has 1 aromatic rings. The summed E-state index contributed by atoms with van der Waals surface area (Å²) in [5.74, 6) is 1.92. The molecule has 15 heavy (non-hydrogen) atoms. The lowest BCUT2D eigenvalue weighted by Gasteiger charge is -2.10. The Kier molecular flexibility index (Phi) is 5.58. The lowest BCUT2D eigenvalue weighted by molar-refractivity contribution is 0.263. The van der Waals surface area contributed by atoms with Crippen molar-refractivity contribution in [1.29, 1.82) is 0 Å². The van der Waals surface area contributed by atoms with Crippen LogP contribution < -0.4 is 4.74 Å². The van der Waals surface area contributed by atoms with E-state index in [0.717, 1.165) is 35.7 Å². The molecule has 0 fully saturated rings. The second kappa shape index (κ2) is 6.75. The van der Waals surface area contributed by atoms with E-state index in [4.69, 9.17) is 9.84 Å². The van der Waals surface area contributed by atoms with Gasteiger partial charge >= 0.3 is 0 Å². The average Bonchev–Trinajstić information content (AvgIpc) is 2.26. The standard InChI is InChI=1S/C12H18O2S/c1-10-4-5-12(11(8-10)9-13)14-6-3-7-15-2/h4-5,8,13H,3,6-7,9H2,1-2H3. The van der Waals surface area contributed by atoms with Crippen LogP contribution in [0.25, 0.3) is 0 Å². The molecule has 0 saturated carbocycles. The topological polar surface area (TPSA) is 29.5 Å². The molecule has 3 heteroatoms. The Morgan fingerprint density at radius 3 is 2.87 bits per heavy atom. The lowest BCUT2D eigenvalue weighted by Crippen LogP contribution is -2.01. The second-order valence-corrected chi connectivity index (χ2v) is 4.45. The number of aliphatic hydroxyl groups is 1. The van der Waals surface area contributed by atoms with Crippen LogP contribution in [-0.4, -0.2) is 23.7 Å². The maximum atomic E-state index is 9.16. The molecular weight excluding hydrogens is 208 g/mol. The fourth-order valence-corrected chi connectivity index (χ4v) is 1.76. The Hall–Kier alpha value is -0.670. The summed E-state index contributed by atoms with van der Waals surface area (Å²) in [6.45, 7) is 2.77. The number of aliphatic hydroxyl groups excluding tert-OH is 1. The van der Waals surface area contributed by atoms with Gasteiger partial charge in [-0.1, -0.05) is 17.7 Å². The highest BCUT2D eigenvalue weighted by molar-refractivity contribution is 7.98. The van der Waals surface area contributed by atoms with E-state index in [1.54, 1.807) is 0 Å². The summed E-state index contributed by atoms with van der Waals surface area (Å²) in [7, 11) is 0. The molecule has 0 amide bonds.